The van der Waals surface area contributed by atoms with Gasteiger partial charge in [0.05, 0.1) is 18.3 Å². The number of aromatic nitrogens is 5. The van der Waals surface area contributed by atoms with Gasteiger partial charge >= 0.3 is 0 Å². The normalized spacial score (nSPS) is 11.4. The first-order valence-corrected chi connectivity index (χ1v) is 7.93. The van der Waals surface area contributed by atoms with Gasteiger partial charge < -0.3 is 10.3 Å². The van der Waals surface area contributed by atoms with Crippen molar-refractivity contribution in [1.82, 2.24) is 24.5 Å². The standard InChI is InChI=1S/C13H22N6S/c1-4-11(5-2)19-7-6-10(17-19)9-20-13-16-15-12(8-14)18(13)3/h6-7,11H,4-5,8-9,14H2,1-3H3. The Morgan fingerprint density at radius 2 is 2.05 bits per heavy atom. The van der Waals surface area contributed by atoms with E-state index in [4.69, 9.17) is 5.73 Å². The highest BCUT2D eigenvalue weighted by Crippen LogP contribution is 2.21. The average Bonchev–Trinajstić information content (AvgIpc) is 3.05. The number of nitrogens with zero attached hydrogens (tertiary/aromatic N) is 5. The van der Waals surface area contributed by atoms with Crippen LogP contribution in [0.3, 0.4) is 0 Å². The van der Waals surface area contributed by atoms with Crippen LogP contribution in [0.2, 0.25) is 0 Å². The smallest absolute Gasteiger partial charge is 0.191 e. The first-order valence-electron chi connectivity index (χ1n) is 6.94. The Morgan fingerprint density at radius 3 is 2.65 bits per heavy atom. The van der Waals surface area contributed by atoms with Gasteiger partial charge in [0.1, 0.15) is 5.82 Å². The van der Waals surface area contributed by atoms with Crippen molar-refractivity contribution in [2.24, 2.45) is 12.8 Å². The Labute approximate surface area is 123 Å². The molecule has 0 bridgehead atoms. The fraction of sp³-hybridized carbons (Fsp3) is 0.615. The van der Waals surface area contributed by atoms with E-state index in [1.165, 1.54) is 0 Å². The van der Waals surface area contributed by atoms with Crippen molar-refractivity contribution in [1.29, 1.82) is 0 Å². The van der Waals surface area contributed by atoms with Crippen LogP contribution < -0.4 is 5.73 Å². The molecule has 0 atom stereocenters. The number of hydrogen-bond acceptors (Lipinski definition) is 5. The van der Waals surface area contributed by atoms with E-state index in [-0.39, 0.29) is 0 Å². The summed E-state index contributed by atoms with van der Waals surface area (Å²) in [6.07, 6.45) is 4.28. The highest BCUT2D eigenvalue weighted by atomic mass is 32.2. The van der Waals surface area contributed by atoms with Crippen LogP contribution in [0.1, 0.15) is 44.2 Å². The van der Waals surface area contributed by atoms with Crippen LogP contribution in [0.25, 0.3) is 0 Å². The molecule has 2 N–H and O–H groups in total. The zero-order chi connectivity index (χ0) is 14.5. The summed E-state index contributed by atoms with van der Waals surface area (Å²) < 4.78 is 4.00. The summed E-state index contributed by atoms with van der Waals surface area (Å²) in [7, 11) is 1.94. The van der Waals surface area contributed by atoms with Crippen LogP contribution in [-0.4, -0.2) is 24.5 Å². The van der Waals surface area contributed by atoms with Gasteiger partial charge in [0, 0.05) is 19.0 Å². The first-order chi connectivity index (χ1) is 9.69. The average molecular weight is 294 g/mol. The summed E-state index contributed by atoms with van der Waals surface area (Å²) in [5, 5.41) is 13.7. The minimum atomic E-state index is 0.410. The quantitative estimate of drug-likeness (QED) is 0.792. The molecular weight excluding hydrogens is 272 g/mol. The maximum Gasteiger partial charge on any atom is 0.191 e. The van der Waals surface area contributed by atoms with E-state index in [2.05, 4.69) is 46.1 Å². The zero-order valence-electron chi connectivity index (χ0n) is 12.3. The fourth-order valence-corrected chi connectivity index (χ4v) is 2.94. The Bertz CT molecular complexity index is 543. The van der Waals surface area contributed by atoms with Crippen molar-refractivity contribution in [3.63, 3.8) is 0 Å². The molecule has 7 heteroatoms. The maximum absolute atomic E-state index is 5.59. The lowest BCUT2D eigenvalue weighted by Gasteiger charge is -2.12. The van der Waals surface area contributed by atoms with Gasteiger partial charge in [-0.25, -0.2) is 0 Å². The van der Waals surface area contributed by atoms with E-state index in [9.17, 15) is 0 Å². The van der Waals surface area contributed by atoms with E-state index in [0.29, 0.717) is 12.6 Å². The summed E-state index contributed by atoms with van der Waals surface area (Å²) >= 11 is 1.63. The van der Waals surface area contributed by atoms with Gasteiger partial charge in [-0.2, -0.15) is 5.10 Å². The largest absolute Gasteiger partial charge is 0.324 e. The predicted molar refractivity (Wildman–Crippen MR) is 80.3 cm³/mol. The van der Waals surface area contributed by atoms with Crippen molar-refractivity contribution in [2.45, 2.75) is 50.2 Å². The second-order valence-electron chi connectivity index (χ2n) is 4.71. The SMILES string of the molecule is CCC(CC)n1ccc(CSc2nnc(CN)n2C)n1. The van der Waals surface area contributed by atoms with Crippen LogP contribution >= 0.6 is 11.8 Å². The van der Waals surface area contributed by atoms with Crippen molar-refractivity contribution >= 4 is 11.8 Å². The minimum Gasteiger partial charge on any atom is -0.324 e. The number of nitrogens with two attached hydrogens (primary N) is 1. The molecule has 6 nitrogen and oxygen atoms in total. The second kappa shape index (κ2) is 6.90. The topological polar surface area (TPSA) is 74.6 Å². The molecule has 0 unspecified atom stereocenters. The van der Waals surface area contributed by atoms with Crippen molar-refractivity contribution in [3.05, 3.63) is 23.8 Å². The molecule has 0 aromatic carbocycles. The summed E-state index contributed by atoms with van der Waals surface area (Å²) in [6.45, 7) is 4.80. The first kappa shape index (κ1) is 15.1. The third kappa shape index (κ3) is 3.21. The van der Waals surface area contributed by atoms with E-state index < -0.39 is 0 Å². The van der Waals surface area contributed by atoms with Gasteiger partial charge in [0.15, 0.2) is 5.16 Å². The van der Waals surface area contributed by atoms with Gasteiger partial charge in [0.2, 0.25) is 0 Å². The van der Waals surface area contributed by atoms with E-state index in [1.807, 2.05) is 11.6 Å². The molecule has 0 amide bonds. The molecular formula is C13H22N6S. The molecule has 0 radical (unpaired) electrons. The van der Waals surface area contributed by atoms with Crippen LogP contribution in [-0.2, 0) is 19.3 Å². The van der Waals surface area contributed by atoms with Gasteiger partial charge in [-0.05, 0) is 18.9 Å². The van der Waals surface area contributed by atoms with E-state index in [1.54, 1.807) is 11.8 Å². The van der Waals surface area contributed by atoms with Crippen LogP contribution in [0.4, 0.5) is 0 Å². The van der Waals surface area contributed by atoms with Gasteiger partial charge in [0.25, 0.3) is 0 Å². The molecule has 20 heavy (non-hydrogen) atoms. The summed E-state index contributed by atoms with van der Waals surface area (Å²) in [5.41, 5.74) is 6.66. The summed E-state index contributed by atoms with van der Waals surface area (Å²) in [6, 6.07) is 2.57. The zero-order valence-corrected chi connectivity index (χ0v) is 13.1. The minimum absolute atomic E-state index is 0.410. The molecule has 0 aliphatic rings. The Kier molecular flexibility index (Phi) is 5.19. The van der Waals surface area contributed by atoms with E-state index in [0.717, 1.165) is 35.3 Å². The maximum atomic E-state index is 5.59. The van der Waals surface area contributed by atoms with Crippen molar-refractivity contribution in [2.75, 3.05) is 0 Å². The van der Waals surface area contributed by atoms with Gasteiger partial charge in [-0.3, -0.25) is 4.68 Å². The highest BCUT2D eigenvalue weighted by molar-refractivity contribution is 7.98. The number of hydrogen-bond donors (Lipinski definition) is 1. The summed E-state index contributed by atoms with van der Waals surface area (Å²) in [5.74, 6) is 1.60. The molecule has 0 aliphatic heterocycles. The van der Waals surface area contributed by atoms with Crippen molar-refractivity contribution < 1.29 is 0 Å². The molecule has 2 aromatic rings. The summed E-state index contributed by atoms with van der Waals surface area (Å²) in [4.78, 5) is 0. The number of thioether (sulfide) groups is 1. The lowest BCUT2D eigenvalue weighted by molar-refractivity contribution is 0.426. The third-order valence-electron chi connectivity index (χ3n) is 3.44. The Morgan fingerprint density at radius 1 is 1.30 bits per heavy atom. The fourth-order valence-electron chi connectivity index (χ4n) is 2.11. The van der Waals surface area contributed by atoms with Crippen LogP contribution in [0.15, 0.2) is 17.4 Å². The highest BCUT2D eigenvalue weighted by Gasteiger charge is 2.11. The second-order valence-corrected chi connectivity index (χ2v) is 5.65. The molecule has 2 rings (SSSR count). The molecule has 0 saturated carbocycles. The number of rotatable bonds is 7. The lowest BCUT2D eigenvalue weighted by Crippen LogP contribution is -2.07. The molecule has 2 aromatic heterocycles. The van der Waals surface area contributed by atoms with Crippen LogP contribution in [0.5, 0.6) is 0 Å². The van der Waals surface area contributed by atoms with Crippen molar-refractivity contribution in [3.8, 4) is 0 Å². The molecule has 110 valence electrons. The van der Waals surface area contributed by atoms with Gasteiger partial charge in [-0.15, -0.1) is 10.2 Å². The Balaban J connectivity index is 1.99. The monoisotopic (exact) mass is 294 g/mol. The molecule has 0 saturated heterocycles. The molecule has 0 spiro atoms. The molecule has 0 fully saturated rings. The molecule has 2 heterocycles. The Hall–Kier alpha value is -1.34. The lowest BCUT2D eigenvalue weighted by atomic mass is 10.2. The van der Waals surface area contributed by atoms with Crippen LogP contribution in [0, 0.1) is 0 Å². The third-order valence-corrected chi connectivity index (χ3v) is 4.49. The predicted octanol–water partition coefficient (Wildman–Crippen LogP) is 2.12. The van der Waals surface area contributed by atoms with E-state index >= 15 is 0 Å². The van der Waals surface area contributed by atoms with Gasteiger partial charge in [-0.1, -0.05) is 25.6 Å². The molecule has 0 aliphatic carbocycles.